The van der Waals surface area contributed by atoms with Crippen LogP contribution in [0.1, 0.15) is 10.6 Å². The molecule has 0 atom stereocenters. The Hall–Kier alpha value is -2.85. The number of esters is 1. The van der Waals surface area contributed by atoms with E-state index < -0.39 is 35.8 Å². The Labute approximate surface area is 129 Å². The lowest BCUT2D eigenvalue weighted by Gasteiger charge is -2.12. The van der Waals surface area contributed by atoms with E-state index in [1.807, 2.05) is 0 Å². The van der Waals surface area contributed by atoms with Gasteiger partial charge in [-0.15, -0.1) is 0 Å². The third-order valence-electron chi connectivity index (χ3n) is 2.70. The maximum Gasteiger partial charge on any atom is 0.491 e. The SMILES string of the molecule is C=C(OC(=O)C(F)(F)F)c1nc2ccccc2n1C(=O)C(F)(F)F. The highest BCUT2D eigenvalue weighted by molar-refractivity contribution is 5.96. The lowest BCUT2D eigenvalue weighted by molar-refractivity contribution is -0.192. The molecule has 2 aromatic rings. The van der Waals surface area contributed by atoms with Gasteiger partial charge in [-0.2, -0.15) is 26.3 Å². The highest BCUT2D eigenvalue weighted by atomic mass is 19.4. The average Bonchev–Trinajstić information content (AvgIpc) is 2.83. The Kier molecular flexibility index (Phi) is 4.12. The van der Waals surface area contributed by atoms with Crippen LogP contribution in [-0.4, -0.2) is 33.8 Å². The van der Waals surface area contributed by atoms with Crippen LogP contribution in [0.2, 0.25) is 0 Å². The summed E-state index contributed by atoms with van der Waals surface area (Å²) in [4.78, 5) is 25.9. The summed E-state index contributed by atoms with van der Waals surface area (Å²) >= 11 is 0. The number of ether oxygens (including phenoxy) is 1. The Morgan fingerprint density at radius 3 is 2.17 bits per heavy atom. The van der Waals surface area contributed by atoms with E-state index in [0.717, 1.165) is 6.07 Å². The molecule has 1 aromatic heterocycles. The summed E-state index contributed by atoms with van der Waals surface area (Å²) < 4.78 is 78.6. The molecule has 1 aromatic carbocycles. The topological polar surface area (TPSA) is 61.2 Å². The van der Waals surface area contributed by atoms with Crippen LogP contribution in [-0.2, 0) is 9.53 Å². The lowest BCUT2D eigenvalue weighted by Crippen LogP contribution is -2.31. The predicted molar refractivity (Wildman–Crippen MR) is 67.6 cm³/mol. The molecule has 0 amide bonds. The Morgan fingerprint density at radius 1 is 1.04 bits per heavy atom. The fourth-order valence-electron chi connectivity index (χ4n) is 1.76. The summed E-state index contributed by atoms with van der Waals surface area (Å²) in [5, 5.41) is 0. The first-order chi connectivity index (χ1) is 10.9. The second-order valence-electron chi connectivity index (χ2n) is 4.37. The van der Waals surface area contributed by atoms with Crippen LogP contribution in [0.25, 0.3) is 16.8 Å². The maximum atomic E-state index is 12.7. The summed E-state index contributed by atoms with van der Waals surface area (Å²) in [5.74, 6) is -7.23. The van der Waals surface area contributed by atoms with Crippen molar-refractivity contribution in [2.24, 2.45) is 0 Å². The third kappa shape index (κ3) is 3.24. The maximum absolute atomic E-state index is 12.7. The second-order valence-corrected chi connectivity index (χ2v) is 4.37. The van der Waals surface area contributed by atoms with Gasteiger partial charge in [-0.1, -0.05) is 18.7 Å². The van der Waals surface area contributed by atoms with Gasteiger partial charge in [-0.3, -0.25) is 9.36 Å². The van der Waals surface area contributed by atoms with Crippen molar-refractivity contribution < 1.29 is 40.7 Å². The van der Waals surface area contributed by atoms with E-state index in [4.69, 9.17) is 0 Å². The number of carbonyl (C=O) groups excluding carboxylic acids is 2. The number of hydrogen-bond donors (Lipinski definition) is 0. The highest BCUT2D eigenvalue weighted by Gasteiger charge is 2.44. The van der Waals surface area contributed by atoms with Gasteiger partial charge in [0.2, 0.25) is 0 Å². The molecular formula is C13H6F6N2O3. The van der Waals surface area contributed by atoms with Gasteiger partial charge in [-0.05, 0) is 12.1 Å². The fraction of sp³-hybridized carbons (Fsp3) is 0.154. The van der Waals surface area contributed by atoms with Gasteiger partial charge >= 0.3 is 24.2 Å². The Bertz CT molecular complexity index is 834. The molecule has 11 heteroatoms. The molecule has 0 aliphatic rings. The largest absolute Gasteiger partial charge is 0.491 e. The zero-order chi connectivity index (χ0) is 18.3. The number of imidazole rings is 1. The number of aromatic nitrogens is 2. The first kappa shape index (κ1) is 17.5. The van der Waals surface area contributed by atoms with Crippen LogP contribution in [0, 0.1) is 0 Å². The minimum absolute atomic E-state index is 0.0126. The van der Waals surface area contributed by atoms with E-state index in [1.165, 1.54) is 18.2 Å². The van der Waals surface area contributed by atoms with Crippen LogP contribution in [0.4, 0.5) is 26.3 Å². The molecule has 0 saturated heterocycles. The third-order valence-corrected chi connectivity index (χ3v) is 2.70. The molecule has 0 aliphatic heterocycles. The first-order valence-electron chi connectivity index (χ1n) is 6.00. The molecule has 0 saturated carbocycles. The minimum Gasteiger partial charge on any atom is -0.417 e. The Morgan fingerprint density at radius 2 is 1.62 bits per heavy atom. The molecule has 0 spiro atoms. The van der Waals surface area contributed by atoms with Gasteiger partial charge in [0.15, 0.2) is 11.6 Å². The molecule has 1 heterocycles. The van der Waals surface area contributed by atoms with Gasteiger partial charge < -0.3 is 4.74 Å². The van der Waals surface area contributed by atoms with E-state index in [-0.39, 0.29) is 15.6 Å². The number of rotatable bonds is 2. The number of fused-ring (bicyclic) bond motifs is 1. The molecule has 2 rings (SSSR count). The van der Waals surface area contributed by atoms with Crippen molar-refractivity contribution in [3.63, 3.8) is 0 Å². The van der Waals surface area contributed by atoms with E-state index >= 15 is 0 Å². The molecule has 0 unspecified atom stereocenters. The smallest absolute Gasteiger partial charge is 0.417 e. The molecule has 128 valence electrons. The molecule has 0 radical (unpaired) electrons. The summed E-state index contributed by atoms with van der Waals surface area (Å²) in [5.41, 5.74) is -0.464. The van der Waals surface area contributed by atoms with Crippen LogP contribution < -0.4 is 0 Å². The quantitative estimate of drug-likeness (QED) is 0.473. The second kappa shape index (κ2) is 5.65. The van der Waals surface area contributed by atoms with E-state index in [0.29, 0.717) is 0 Å². The summed E-state index contributed by atoms with van der Waals surface area (Å²) in [6.07, 6.45) is -10.7. The monoisotopic (exact) mass is 352 g/mol. The average molecular weight is 352 g/mol. The predicted octanol–water partition coefficient (Wildman–Crippen LogP) is 3.32. The van der Waals surface area contributed by atoms with Crippen molar-refractivity contribution in [2.75, 3.05) is 0 Å². The summed E-state index contributed by atoms with van der Waals surface area (Å²) in [7, 11) is 0. The minimum atomic E-state index is -5.40. The van der Waals surface area contributed by atoms with Crippen molar-refractivity contribution in [1.82, 2.24) is 9.55 Å². The number of carbonyl (C=O) groups is 2. The zero-order valence-corrected chi connectivity index (χ0v) is 11.4. The van der Waals surface area contributed by atoms with Crippen molar-refractivity contribution in [3.8, 4) is 0 Å². The van der Waals surface area contributed by atoms with Crippen LogP contribution in [0.5, 0.6) is 0 Å². The van der Waals surface area contributed by atoms with Gasteiger partial charge in [0.05, 0.1) is 11.0 Å². The zero-order valence-electron chi connectivity index (χ0n) is 11.4. The standard InChI is InChI=1S/C13H6F6N2O3/c1-6(24-11(23)13(17,18)19)9-20-7-4-2-3-5-8(7)21(9)10(22)12(14,15)16/h2-5H,1H2. The number of benzene rings is 1. The van der Waals surface area contributed by atoms with Gasteiger partial charge in [0.25, 0.3) is 0 Å². The lowest BCUT2D eigenvalue weighted by atomic mass is 10.3. The van der Waals surface area contributed by atoms with Crippen LogP contribution in [0.15, 0.2) is 30.8 Å². The molecule has 0 bridgehead atoms. The first-order valence-corrected chi connectivity index (χ1v) is 6.00. The van der Waals surface area contributed by atoms with Gasteiger partial charge in [0, 0.05) is 0 Å². The number of alkyl halides is 6. The van der Waals surface area contributed by atoms with Crippen molar-refractivity contribution >= 4 is 28.7 Å². The van der Waals surface area contributed by atoms with Crippen molar-refractivity contribution in [3.05, 3.63) is 36.7 Å². The van der Waals surface area contributed by atoms with E-state index in [9.17, 15) is 35.9 Å². The van der Waals surface area contributed by atoms with Crippen LogP contribution in [0.3, 0.4) is 0 Å². The van der Waals surface area contributed by atoms with E-state index in [2.05, 4.69) is 16.3 Å². The molecule has 0 aliphatic carbocycles. The summed E-state index contributed by atoms with van der Waals surface area (Å²) in [6.45, 7) is 2.95. The Balaban J connectivity index is 2.56. The molecule has 5 nitrogen and oxygen atoms in total. The number of para-hydroxylation sites is 2. The summed E-state index contributed by atoms with van der Waals surface area (Å²) in [6, 6.07) is 4.98. The molecule has 0 N–H and O–H groups in total. The molecule has 0 fully saturated rings. The van der Waals surface area contributed by atoms with Crippen LogP contribution >= 0.6 is 0 Å². The fourth-order valence-corrected chi connectivity index (χ4v) is 1.76. The van der Waals surface area contributed by atoms with Crippen molar-refractivity contribution in [2.45, 2.75) is 12.4 Å². The molecular weight excluding hydrogens is 346 g/mol. The highest BCUT2D eigenvalue weighted by Crippen LogP contribution is 2.28. The molecule has 24 heavy (non-hydrogen) atoms. The van der Waals surface area contributed by atoms with E-state index in [1.54, 1.807) is 0 Å². The normalized spacial score (nSPS) is 12.2. The number of nitrogens with zero attached hydrogens (tertiary/aromatic N) is 2. The number of halogens is 6. The van der Waals surface area contributed by atoms with Crippen molar-refractivity contribution in [1.29, 1.82) is 0 Å². The van der Waals surface area contributed by atoms with Gasteiger partial charge in [-0.25, -0.2) is 9.78 Å². The van der Waals surface area contributed by atoms with Gasteiger partial charge in [0.1, 0.15) is 0 Å². The number of hydrogen-bond acceptors (Lipinski definition) is 4.